The van der Waals surface area contributed by atoms with E-state index in [0.29, 0.717) is 25.2 Å². The second-order valence-corrected chi connectivity index (χ2v) is 6.27. The van der Waals surface area contributed by atoms with Gasteiger partial charge in [-0.1, -0.05) is 50.1 Å². The monoisotopic (exact) mass is 317 g/mol. The fourth-order valence-electron chi connectivity index (χ4n) is 2.98. The Balaban J connectivity index is 1.94. The van der Waals surface area contributed by atoms with Crippen LogP contribution in [0.4, 0.5) is 0 Å². The van der Waals surface area contributed by atoms with Crippen molar-refractivity contribution in [3.8, 4) is 0 Å². The second kappa shape index (κ2) is 9.86. The van der Waals surface area contributed by atoms with Crippen LogP contribution in [0.15, 0.2) is 30.3 Å². The SMILES string of the molecule is CCCCCC(=O)CC1CC(CCN)OB(c2ccccc2)O1. The lowest BCUT2D eigenvalue weighted by Crippen LogP contribution is -2.49. The van der Waals surface area contributed by atoms with Crippen LogP contribution in [0.2, 0.25) is 0 Å². The van der Waals surface area contributed by atoms with E-state index in [0.717, 1.165) is 37.6 Å². The van der Waals surface area contributed by atoms with Crippen molar-refractivity contribution in [2.24, 2.45) is 5.73 Å². The zero-order chi connectivity index (χ0) is 16.5. The van der Waals surface area contributed by atoms with Crippen LogP contribution in [-0.2, 0) is 14.1 Å². The molecule has 1 aliphatic rings. The molecule has 2 atom stereocenters. The van der Waals surface area contributed by atoms with Crippen LogP contribution in [0.1, 0.15) is 51.9 Å². The molecule has 1 heterocycles. The average molecular weight is 317 g/mol. The Morgan fingerprint density at radius 2 is 1.96 bits per heavy atom. The van der Waals surface area contributed by atoms with E-state index in [9.17, 15) is 4.79 Å². The van der Waals surface area contributed by atoms with Crippen molar-refractivity contribution in [3.63, 3.8) is 0 Å². The van der Waals surface area contributed by atoms with E-state index in [1.54, 1.807) is 0 Å². The highest BCUT2D eigenvalue weighted by atomic mass is 16.6. The van der Waals surface area contributed by atoms with Gasteiger partial charge in [0.1, 0.15) is 5.78 Å². The molecule has 5 heteroatoms. The molecule has 2 N–H and O–H groups in total. The molecule has 4 nitrogen and oxygen atoms in total. The van der Waals surface area contributed by atoms with Crippen LogP contribution in [0, 0.1) is 0 Å². The third-order valence-electron chi connectivity index (χ3n) is 4.23. The molecule has 1 saturated heterocycles. The molecule has 0 aliphatic carbocycles. The maximum atomic E-state index is 12.1. The van der Waals surface area contributed by atoms with Gasteiger partial charge >= 0.3 is 7.12 Å². The molecular formula is C18H28BNO3. The molecule has 2 unspecified atom stereocenters. The average Bonchev–Trinajstić information content (AvgIpc) is 2.56. The van der Waals surface area contributed by atoms with Crippen LogP contribution < -0.4 is 11.2 Å². The lowest BCUT2D eigenvalue weighted by Gasteiger charge is -2.34. The Kier molecular flexibility index (Phi) is 7.79. The number of hydrogen-bond acceptors (Lipinski definition) is 4. The van der Waals surface area contributed by atoms with Gasteiger partial charge in [0.25, 0.3) is 0 Å². The summed E-state index contributed by atoms with van der Waals surface area (Å²) in [7, 11) is -0.394. The quantitative estimate of drug-likeness (QED) is 0.561. The number of carbonyl (C=O) groups excluding carboxylic acids is 1. The van der Waals surface area contributed by atoms with E-state index in [1.165, 1.54) is 0 Å². The Morgan fingerprint density at radius 1 is 1.22 bits per heavy atom. The van der Waals surface area contributed by atoms with E-state index in [1.807, 2.05) is 30.3 Å². The van der Waals surface area contributed by atoms with Crippen molar-refractivity contribution in [2.75, 3.05) is 6.54 Å². The van der Waals surface area contributed by atoms with Gasteiger partial charge < -0.3 is 15.0 Å². The van der Waals surface area contributed by atoms with E-state index in [4.69, 9.17) is 15.0 Å². The third-order valence-corrected chi connectivity index (χ3v) is 4.23. The van der Waals surface area contributed by atoms with Crippen molar-refractivity contribution < 1.29 is 14.1 Å². The summed E-state index contributed by atoms with van der Waals surface area (Å²) in [5.74, 6) is 0.295. The van der Waals surface area contributed by atoms with Gasteiger partial charge in [0.05, 0.1) is 6.10 Å². The maximum Gasteiger partial charge on any atom is 0.494 e. The topological polar surface area (TPSA) is 61.6 Å². The molecule has 0 bridgehead atoms. The first-order valence-corrected chi connectivity index (χ1v) is 8.80. The summed E-state index contributed by atoms with van der Waals surface area (Å²) >= 11 is 0. The lowest BCUT2D eigenvalue weighted by atomic mass is 9.76. The second-order valence-electron chi connectivity index (χ2n) is 6.27. The fraction of sp³-hybridized carbons (Fsp3) is 0.611. The zero-order valence-corrected chi connectivity index (χ0v) is 14.1. The standard InChI is InChI=1S/C18H28BNO3/c1-2-3-5-10-16(21)13-18-14-17(11-12-20)22-19(23-18)15-8-6-4-7-9-15/h4,6-9,17-18H,2-3,5,10-14,20H2,1H3. The molecule has 0 radical (unpaired) electrons. The molecule has 23 heavy (non-hydrogen) atoms. The van der Waals surface area contributed by atoms with E-state index in [2.05, 4.69) is 6.92 Å². The number of rotatable bonds is 9. The minimum atomic E-state index is -0.394. The van der Waals surface area contributed by atoms with Gasteiger partial charge in [0, 0.05) is 18.9 Å². The first-order valence-electron chi connectivity index (χ1n) is 8.80. The lowest BCUT2D eigenvalue weighted by molar-refractivity contribution is -0.121. The smallest absolute Gasteiger partial charge is 0.404 e. The number of unbranched alkanes of at least 4 members (excludes halogenated alkanes) is 2. The predicted octanol–water partition coefficient (Wildman–Crippen LogP) is 2.44. The van der Waals surface area contributed by atoms with Gasteiger partial charge in [0.2, 0.25) is 0 Å². The fourth-order valence-corrected chi connectivity index (χ4v) is 2.98. The molecule has 1 aromatic carbocycles. The molecule has 0 amide bonds. The summed E-state index contributed by atoms with van der Waals surface area (Å²) in [6, 6.07) is 9.91. The normalized spacial score (nSPS) is 21.4. The van der Waals surface area contributed by atoms with Crippen molar-refractivity contribution in [3.05, 3.63) is 30.3 Å². The van der Waals surface area contributed by atoms with Crippen molar-refractivity contribution in [1.29, 1.82) is 0 Å². The highest BCUT2D eigenvalue weighted by molar-refractivity contribution is 6.61. The number of benzene rings is 1. The summed E-state index contributed by atoms with van der Waals surface area (Å²) in [5, 5.41) is 0. The number of nitrogens with two attached hydrogens (primary N) is 1. The Bertz CT molecular complexity index is 469. The maximum absolute atomic E-state index is 12.1. The first-order chi connectivity index (χ1) is 11.2. The largest absolute Gasteiger partial charge is 0.494 e. The molecule has 1 fully saturated rings. The van der Waals surface area contributed by atoms with Crippen molar-refractivity contribution in [2.45, 2.75) is 64.1 Å². The minimum Gasteiger partial charge on any atom is -0.404 e. The summed E-state index contributed by atoms with van der Waals surface area (Å²) in [6.45, 7) is 2.73. The molecule has 0 saturated carbocycles. The Hall–Kier alpha value is -1.17. The molecule has 2 rings (SSSR count). The number of ketones is 1. The van der Waals surface area contributed by atoms with Gasteiger partial charge in [-0.15, -0.1) is 0 Å². The molecule has 1 aliphatic heterocycles. The Morgan fingerprint density at radius 3 is 2.65 bits per heavy atom. The number of hydrogen-bond donors (Lipinski definition) is 1. The summed E-state index contributed by atoms with van der Waals surface area (Å²) < 4.78 is 12.1. The van der Waals surface area contributed by atoms with Gasteiger partial charge in [-0.2, -0.15) is 0 Å². The van der Waals surface area contributed by atoms with Crippen molar-refractivity contribution in [1.82, 2.24) is 0 Å². The van der Waals surface area contributed by atoms with E-state index in [-0.39, 0.29) is 12.2 Å². The van der Waals surface area contributed by atoms with Crippen molar-refractivity contribution >= 4 is 18.4 Å². The van der Waals surface area contributed by atoms with Gasteiger partial charge in [0.15, 0.2) is 0 Å². The molecule has 0 aromatic heterocycles. The highest BCUT2D eigenvalue weighted by Crippen LogP contribution is 2.22. The molecule has 126 valence electrons. The van der Waals surface area contributed by atoms with Crippen LogP contribution in [-0.4, -0.2) is 31.7 Å². The number of carbonyl (C=O) groups is 1. The van der Waals surface area contributed by atoms with Crippen LogP contribution in [0.25, 0.3) is 0 Å². The van der Waals surface area contributed by atoms with E-state index >= 15 is 0 Å². The van der Waals surface area contributed by atoms with Gasteiger partial charge in [-0.25, -0.2) is 0 Å². The van der Waals surface area contributed by atoms with E-state index < -0.39 is 7.12 Å². The number of Topliss-reactive ketones (excluding diaryl/α,β-unsaturated/α-hetero) is 1. The summed E-state index contributed by atoms with van der Waals surface area (Å²) in [6.07, 6.45) is 5.91. The van der Waals surface area contributed by atoms with Gasteiger partial charge in [-0.3, -0.25) is 4.79 Å². The highest BCUT2D eigenvalue weighted by Gasteiger charge is 2.35. The van der Waals surface area contributed by atoms with Gasteiger partial charge in [-0.05, 0) is 31.3 Å². The summed E-state index contributed by atoms with van der Waals surface area (Å²) in [5.41, 5.74) is 6.68. The predicted molar refractivity (Wildman–Crippen MR) is 93.6 cm³/mol. The minimum absolute atomic E-state index is 0.0624. The zero-order valence-electron chi connectivity index (χ0n) is 14.1. The summed E-state index contributed by atoms with van der Waals surface area (Å²) in [4.78, 5) is 12.1. The van der Waals surface area contributed by atoms with Crippen LogP contribution in [0.3, 0.4) is 0 Å². The molecular weight excluding hydrogens is 289 g/mol. The van der Waals surface area contributed by atoms with Crippen LogP contribution in [0.5, 0.6) is 0 Å². The van der Waals surface area contributed by atoms with Crippen LogP contribution >= 0.6 is 0 Å². The molecule has 0 spiro atoms. The Labute approximate surface area is 139 Å². The molecule has 1 aromatic rings. The third kappa shape index (κ3) is 6.09. The first kappa shape index (κ1) is 18.2.